The van der Waals surface area contributed by atoms with Crippen molar-refractivity contribution < 1.29 is 9.53 Å². The molecule has 2 rings (SSSR count). The van der Waals surface area contributed by atoms with Crippen LogP contribution in [0.25, 0.3) is 0 Å². The number of carbonyl (C=O) groups excluding carboxylic acids is 1. The van der Waals surface area contributed by atoms with Gasteiger partial charge in [0.1, 0.15) is 5.69 Å². The van der Waals surface area contributed by atoms with E-state index < -0.39 is 0 Å². The molecular weight excluding hydrogens is 308 g/mol. The number of ether oxygens (including phenoxy) is 1. The predicted molar refractivity (Wildman–Crippen MR) is 78.3 cm³/mol. The molecule has 0 spiro atoms. The van der Waals surface area contributed by atoms with E-state index in [2.05, 4.69) is 31.0 Å². The van der Waals surface area contributed by atoms with Crippen molar-refractivity contribution in [1.29, 1.82) is 0 Å². The van der Waals surface area contributed by atoms with Crippen molar-refractivity contribution in [3.8, 4) is 0 Å². The summed E-state index contributed by atoms with van der Waals surface area (Å²) in [6.07, 6.45) is 0. The van der Waals surface area contributed by atoms with Crippen molar-refractivity contribution >= 4 is 27.6 Å². The van der Waals surface area contributed by atoms with E-state index in [1.807, 2.05) is 31.2 Å². The van der Waals surface area contributed by atoms with Crippen LogP contribution in [0.4, 0.5) is 5.69 Å². The molecule has 0 amide bonds. The van der Waals surface area contributed by atoms with Crippen molar-refractivity contribution in [3.63, 3.8) is 0 Å². The monoisotopic (exact) mass is 322 g/mol. The summed E-state index contributed by atoms with van der Waals surface area (Å²) < 4.78 is 5.71. The molecule has 0 unspecified atom stereocenters. The number of H-pyrrole nitrogens is 1. The molecule has 0 fully saturated rings. The zero-order valence-corrected chi connectivity index (χ0v) is 12.4. The number of hydrogen-bond donors (Lipinski definition) is 2. The molecule has 0 bridgehead atoms. The Labute approximate surface area is 120 Å². The van der Waals surface area contributed by atoms with Gasteiger partial charge < -0.3 is 15.0 Å². The fraction of sp³-hybridized carbons (Fsp3) is 0.214. The van der Waals surface area contributed by atoms with Crippen LogP contribution < -0.4 is 5.32 Å². The molecule has 0 saturated carbocycles. The van der Waals surface area contributed by atoms with Gasteiger partial charge in [0.15, 0.2) is 0 Å². The van der Waals surface area contributed by atoms with Crippen LogP contribution in [-0.2, 0) is 11.3 Å². The van der Waals surface area contributed by atoms with Crippen molar-refractivity contribution in [1.82, 2.24) is 4.98 Å². The number of aromatic nitrogens is 1. The number of aryl methyl sites for hydroxylation is 1. The average Bonchev–Trinajstić information content (AvgIpc) is 2.88. The standard InChI is InChI=1S/C14H15BrN2O2/c1-9-3-4-10(7-12(9)15)16-8-11-5-6-13(17-11)14(18)19-2/h3-7,16-17H,8H2,1-2H3. The van der Waals surface area contributed by atoms with E-state index in [-0.39, 0.29) is 5.97 Å². The number of rotatable bonds is 4. The molecule has 0 aliphatic heterocycles. The minimum Gasteiger partial charge on any atom is -0.464 e. The molecular formula is C14H15BrN2O2. The van der Waals surface area contributed by atoms with Crippen molar-refractivity contribution in [2.75, 3.05) is 12.4 Å². The SMILES string of the molecule is COC(=O)c1ccc(CNc2ccc(C)c(Br)c2)[nH]1. The van der Waals surface area contributed by atoms with Crippen LogP contribution in [0.2, 0.25) is 0 Å². The van der Waals surface area contributed by atoms with Gasteiger partial charge in [-0.2, -0.15) is 0 Å². The van der Waals surface area contributed by atoms with Crippen LogP contribution in [0.15, 0.2) is 34.8 Å². The Hall–Kier alpha value is -1.75. The summed E-state index contributed by atoms with van der Waals surface area (Å²) in [5, 5.41) is 3.29. The van der Waals surface area contributed by atoms with Gasteiger partial charge in [0.25, 0.3) is 0 Å². The summed E-state index contributed by atoms with van der Waals surface area (Å²) in [6.45, 7) is 2.66. The second-order valence-electron chi connectivity index (χ2n) is 4.21. The van der Waals surface area contributed by atoms with E-state index in [1.54, 1.807) is 6.07 Å². The van der Waals surface area contributed by atoms with Crippen LogP contribution in [-0.4, -0.2) is 18.1 Å². The molecule has 0 saturated heterocycles. The molecule has 4 nitrogen and oxygen atoms in total. The molecule has 1 aromatic carbocycles. The normalized spacial score (nSPS) is 10.3. The van der Waals surface area contributed by atoms with E-state index in [0.29, 0.717) is 12.2 Å². The Morgan fingerprint density at radius 3 is 2.84 bits per heavy atom. The summed E-state index contributed by atoms with van der Waals surface area (Å²) in [5.74, 6) is -0.357. The van der Waals surface area contributed by atoms with Gasteiger partial charge >= 0.3 is 5.97 Å². The van der Waals surface area contributed by atoms with E-state index in [4.69, 9.17) is 0 Å². The van der Waals surface area contributed by atoms with Gasteiger partial charge in [-0.3, -0.25) is 0 Å². The highest BCUT2D eigenvalue weighted by atomic mass is 79.9. The van der Waals surface area contributed by atoms with E-state index in [9.17, 15) is 4.79 Å². The number of nitrogens with one attached hydrogen (secondary N) is 2. The third-order valence-electron chi connectivity index (χ3n) is 2.81. The number of hydrogen-bond acceptors (Lipinski definition) is 3. The number of carbonyl (C=O) groups is 1. The molecule has 0 atom stereocenters. The zero-order valence-electron chi connectivity index (χ0n) is 10.8. The van der Waals surface area contributed by atoms with Crippen molar-refractivity contribution in [3.05, 3.63) is 51.8 Å². The van der Waals surface area contributed by atoms with Crippen molar-refractivity contribution in [2.45, 2.75) is 13.5 Å². The minimum absolute atomic E-state index is 0.357. The summed E-state index contributed by atoms with van der Waals surface area (Å²) in [5.41, 5.74) is 3.60. The number of aromatic amines is 1. The van der Waals surface area contributed by atoms with Gasteiger partial charge in [-0.1, -0.05) is 22.0 Å². The highest BCUT2D eigenvalue weighted by Gasteiger charge is 2.07. The highest BCUT2D eigenvalue weighted by molar-refractivity contribution is 9.10. The molecule has 2 N–H and O–H groups in total. The third-order valence-corrected chi connectivity index (χ3v) is 3.66. The van der Waals surface area contributed by atoms with Crippen LogP contribution in [0, 0.1) is 6.92 Å². The second kappa shape index (κ2) is 5.93. The molecule has 0 aliphatic rings. The summed E-state index contributed by atoms with van der Waals surface area (Å²) >= 11 is 3.50. The first-order valence-electron chi connectivity index (χ1n) is 5.86. The first-order valence-corrected chi connectivity index (χ1v) is 6.65. The first-order chi connectivity index (χ1) is 9.10. The zero-order chi connectivity index (χ0) is 13.8. The number of benzene rings is 1. The lowest BCUT2D eigenvalue weighted by atomic mass is 10.2. The number of methoxy groups -OCH3 is 1. The van der Waals surface area contributed by atoms with Crippen LogP contribution in [0.3, 0.4) is 0 Å². The Balaban J connectivity index is 2.00. The summed E-state index contributed by atoms with van der Waals surface area (Å²) in [7, 11) is 1.37. The summed E-state index contributed by atoms with van der Waals surface area (Å²) in [4.78, 5) is 14.3. The van der Waals surface area contributed by atoms with Gasteiger partial charge in [0.2, 0.25) is 0 Å². The maximum atomic E-state index is 11.3. The number of anilines is 1. The Morgan fingerprint density at radius 2 is 2.16 bits per heavy atom. The maximum absolute atomic E-state index is 11.3. The number of halogens is 1. The Bertz CT molecular complexity index is 593. The van der Waals surface area contributed by atoms with Crippen LogP contribution >= 0.6 is 15.9 Å². The largest absolute Gasteiger partial charge is 0.464 e. The van der Waals surface area contributed by atoms with Gasteiger partial charge in [-0.15, -0.1) is 0 Å². The molecule has 0 radical (unpaired) electrons. The Morgan fingerprint density at radius 1 is 1.37 bits per heavy atom. The van der Waals surface area contributed by atoms with Gasteiger partial charge in [-0.25, -0.2) is 4.79 Å². The van der Waals surface area contributed by atoms with E-state index in [0.717, 1.165) is 15.9 Å². The fourth-order valence-electron chi connectivity index (χ4n) is 1.67. The molecule has 19 heavy (non-hydrogen) atoms. The average molecular weight is 323 g/mol. The van der Waals surface area contributed by atoms with Crippen LogP contribution in [0.5, 0.6) is 0 Å². The first kappa shape index (κ1) is 13.7. The lowest BCUT2D eigenvalue weighted by molar-refractivity contribution is 0.0594. The van der Waals surface area contributed by atoms with Gasteiger partial charge in [0, 0.05) is 15.9 Å². The topological polar surface area (TPSA) is 54.1 Å². The molecule has 1 heterocycles. The quantitative estimate of drug-likeness (QED) is 0.847. The number of esters is 1. The molecule has 0 aliphatic carbocycles. The molecule has 5 heteroatoms. The van der Waals surface area contributed by atoms with Crippen molar-refractivity contribution in [2.24, 2.45) is 0 Å². The smallest absolute Gasteiger partial charge is 0.354 e. The lowest BCUT2D eigenvalue weighted by Gasteiger charge is -2.07. The van der Waals surface area contributed by atoms with Crippen LogP contribution in [0.1, 0.15) is 21.7 Å². The van der Waals surface area contributed by atoms with E-state index >= 15 is 0 Å². The highest BCUT2D eigenvalue weighted by Crippen LogP contribution is 2.21. The molecule has 2 aromatic rings. The fourth-order valence-corrected chi connectivity index (χ4v) is 2.05. The Kier molecular flexibility index (Phi) is 4.27. The predicted octanol–water partition coefficient (Wildman–Crippen LogP) is 3.48. The van der Waals surface area contributed by atoms with E-state index in [1.165, 1.54) is 12.7 Å². The van der Waals surface area contributed by atoms with Gasteiger partial charge in [0.05, 0.1) is 13.7 Å². The maximum Gasteiger partial charge on any atom is 0.354 e. The summed E-state index contributed by atoms with van der Waals surface area (Å²) in [6, 6.07) is 9.67. The minimum atomic E-state index is -0.357. The molecule has 100 valence electrons. The second-order valence-corrected chi connectivity index (χ2v) is 5.06. The third kappa shape index (κ3) is 3.38. The lowest BCUT2D eigenvalue weighted by Crippen LogP contribution is -2.03. The molecule has 1 aromatic heterocycles. The van der Waals surface area contributed by atoms with Gasteiger partial charge in [-0.05, 0) is 36.8 Å².